The lowest BCUT2D eigenvalue weighted by Crippen LogP contribution is -2.35. The molecule has 0 aliphatic rings. The lowest BCUT2D eigenvalue weighted by molar-refractivity contribution is -0.104. The van der Waals surface area contributed by atoms with Crippen molar-refractivity contribution >= 4 is 14.4 Å². The summed E-state index contributed by atoms with van der Waals surface area (Å²) in [6, 6.07) is 0. The lowest BCUT2D eigenvalue weighted by atomic mass is 9.96. The summed E-state index contributed by atoms with van der Waals surface area (Å²) in [4.78, 5) is 11.4. The van der Waals surface area contributed by atoms with E-state index in [2.05, 4.69) is 46.6 Å². The Morgan fingerprint density at radius 1 is 1.24 bits per heavy atom. The minimum atomic E-state index is -1.71. The van der Waals surface area contributed by atoms with Crippen LogP contribution in [0.15, 0.2) is 46.7 Å². The van der Waals surface area contributed by atoms with Gasteiger partial charge in [-0.25, -0.2) is 0 Å². The van der Waals surface area contributed by atoms with Crippen LogP contribution in [0.3, 0.4) is 0 Å². The average Bonchev–Trinajstić information content (AvgIpc) is 2.36. The zero-order valence-electron chi connectivity index (χ0n) is 14.7. The van der Waals surface area contributed by atoms with Crippen LogP contribution < -0.4 is 0 Å². The second-order valence-corrected chi connectivity index (χ2v) is 11.7. The third kappa shape index (κ3) is 5.60. The first-order valence-corrected chi connectivity index (χ1v) is 10.8. The highest BCUT2D eigenvalue weighted by molar-refractivity contribution is 6.83. The summed E-state index contributed by atoms with van der Waals surface area (Å²) in [6.45, 7) is 20.7. The van der Waals surface area contributed by atoms with Gasteiger partial charge in [-0.05, 0) is 31.5 Å². The number of allylic oxidation sites excluding steroid dienone is 4. The van der Waals surface area contributed by atoms with Crippen LogP contribution in [-0.4, -0.2) is 27.6 Å². The third-order valence-corrected chi connectivity index (χ3v) is 5.81. The molecule has 0 aromatic heterocycles. The van der Waals surface area contributed by atoms with E-state index in [1.807, 2.05) is 6.92 Å². The molecule has 0 rings (SSSR count). The van der Waals surface area contributed by atoms with Gasteiger partial charge in [-0.3, -0.25) is 4.79 Å². The van der Waals surface area contributed by atoms with E-state index in [4.69, 9.17) is 4.74 Å². The van der Waals surface area contributed by atoms with Crippen molar-refractivity contribution < 1.29 is 9.53 Å². The first-order valence-electron chi connectivity index (χ1n) is 7.27. The van der Waals surface area contributed by atoms with Crippen molar-refractivity contribution in [1.29, 1.82) is 0 Å². The highest BCUT2D eigenvalue weighted by atomic mass is 28.3. The Labute approximate surface area is 131 Å². The van der Waals surface area contributed by atoms with Crippen LogP contribution in [0.4, 0.5) is 0 Å². The van der Waals surface area contributed by atoms with Crippen LogP contribution in [-0.2, 0) is 9.53 Å². The summed E-state index contributed by atoms with van der Waals surface area (Å²) in [7, 11) is -0.00652. The van der Waals surface area contributed by atoms with Crippen LogP contribution >= 0.6 is 0 Å². The molecule has 0 aliphatic carbocycles. The molecule has 0 radical (unpaired) electrons. The maximum atomic E-state index is 11.4. The van der Waals surface area contributed by atoms with Gasteiger partial charge in [0.25, 0.3) is 0 Å². The Hall–Kier alpha value is -1.19. The second kappa shape index (κ2) is 8.30. The Balaban J connectivity index is 5.94. The molecule has 0 aliphatic heterocycles. The largest absolute Gasteiger partial charge is 0.377 e. The quantitative estimate of drug-likeness (QED) is 0.277. The molecule has 0 saturated carbocycles. The summed E-state index contributed by atoms with van der Waals surface area (Å²) in [5.41, 5.74) is 4.19. The van der Waals surface area contributed by atoms with E-state index in [1.165, 1.54) is 11.1 Å². The Morgan fingerprint density at radius 3 is 2.00 bits per heavy atom. The highest BCUT2D eigenvalue weighted by Crippen LogP contribution is 2.30. The standard InChI is InChI=1S/C18H30O2Si/c1-10-15(12-19)18(21(7,8)9)17(20-6)11-16(13(2)3)14(4)5/h10,12,17H,1-2,11H2,3-9H3/b18-15+. The van der Waals surface area contributed by atoms with Gasteiger partial charge in [-0.2, -0.15) is 0 Å². The van der Waals surface area contributed by atoms with Gasteiger partial charge >= 0.3 is 0 Å². The molecule has 1 unspecified atom stereocenters. The van der Waals surface area contributed by atoms with Gasteiger partial charge in [0.15, 0.2) is 0 Å². The van der Waals surface area contributed by atoms with Crippen molar-refractivity contribution in [1.82, 2.24) is 0 Å². The Bertz CT molecular complexity index is 462. The maximum absolute atomic E-state index is 11.4. The molecular formula is C18H30O2Si. The first-order chi connectivity index (χ1) is 9.59. The minimum Gasteiger partial charge on any atom is -0.377 e. The van der Waals surface area contributed by atoms with E-state index in [1.54, 1.807) is 13.2 Å². The van der Waals surface area contributed by atoms with Gasteiger partial charge in [0.2, 0.25) is 0 Å². The minimum absolute atomic E-state index is 0.100. The molecule has 0 N–H and O–H groups in total. The van der Waals surface area contributed by atoms with E-state index in [0.717, 1.165) is 23.5 Å². The molecule has 0 aromatic rings. The fourth-order valence-corrected chi connectivity index (χ4v) is 4.83. The Kier molecular flexibility index (Phi) is 7.83. The van der Waals surface area contributed by atoms with Crippen LogP contribution in [0.2, 0.25) is 19.6 Å². The number of aldehydes is 1. The predicted octanol–water partition coefficient (Wildman–Crippen LogP) is 4.86. The third-order valence-electron chi connectivity index (χ3n) is 3.58. The summed E-state index contributed by atoms with van der Waals surface area (Å²) in [6.07, 6.45) is 3.20. The summed E-state index contributed by atoms with van der Waals surface area (Å²) < 4.78 is 5.75. The summed E-state index contributed by atoms with van der Waals surface area (Å²) >= 11 is 0. The molecular weight excluding hydrogens is 276 g/mol. The molecule has 0 heterocycles. The van der Waals surface area contributed by atoms with Gasteiger partial charge < -0.3 is 4.74 Å². The SMILES string of the molecule is C=C/C(C=O)=C(/C(CC(C(=C)C)=C(C)C)OC)[Si](C)(C)C. The molecule has 0 saturated heterocycles. The van der Waals surface area contributed by atoms with E-state index < -0.39 is 8.07 Å². The summed E-state index contributed by atoms with van der Waals surface area (Å²) in [5, 5.41) is 1.12. The number of rotatable bonds is 8. The normalized spacial score (nSPS) is 14.0. The molecule has 21 heavy (non-hydrogen) atoms. The smallest absolute Gasteiger partial charge is 0.149 e. The van der Waals surface area contributed by atoms with Gasteiger partial charge in [0.05, 0.1) is 14.2 Å². The number of ether oxygens (including phenoxy) is 1. The van der Waals surface area contributed by atoms with Crippen LogP contribution in [0.1, 0.15) is 27.2 Å². The highest BCUT2D eigenvalue weighted by Gasteiger charge is 2.30. The van der Waals surface area contributed by atoms with Crippen LogP contribution in [0.25, 0.3) is 0 Å². The van der Waals surface area contributed by atoms with E-state index in [0.29, 0.717) is 5.57 Å². The van der Waals surface area contributed by atoms with Gasteiger partial charge in [0.1, 0.15) is 6.29 Å². The van der Waals surface area contributed by atoms with Crippen molar-refractivity contribution in [2.24, 2.45) is 0 Å². The molecule has 3 heteroatoms. The zero-order valence-corrected chi connectivity index (χ0v) is 15.7. The number of methoxy groups -OCH3 is 1. The van der Waals surface area contributed by atoms with Gasteiger partial charge in [-0.1, -0.05) is 50.0 Å². The topological polar surface area (TPSA) is 26.3 Å². The van der Waals surface area contributed by atoms with E-state index >= 15 is 0 Å². The Morgan fingerprint density at radius 2 is 1.76 bits per heavy atom. The lowest BCUT2D eigenvalue weighted by Gasteiger charge is -2.31. The van der Waals surface area contributed by atoms with Crippen LogP contribution in [0.5, 0.6) is 0 Å². The van der Waals surface area contributed by atoms with Crippen molar-refractivity contribution in [2.75, 3.05) is 7.11 Å². The monoisotopic (exact) mass is 306 g/mol. The number of carbonyl (C=O) groups excluding carboxylic acids is 1. The van der Waals surface area contributed by atoms with Crippen molar-refractivity contribution in [2.45, 2.75) is 52.9 Å². The van der Waals surface area contributed by atoms with E-state index in [-0.39, 0.29) is 6.10 Å². The maximum Gasteiger partial charge on any atom is 0.149 e. The van der Waals surface area contributed by atoms with Crippen LogP contribution in [0, 0.1) is 0 Å². The molecule has 0 spiro atoms. The molecule has 0 fully saturated rings. The van der Waals surface area contributed by atoms with Crippen molar-refractivity contribution in [3.8, 4) is 0 Å². The van der Waals surface area contributed by atoms with E-state index in [9.17, 15) is 4.79 Å². The number of carbonyl (C=O) groups is 1. The number of hydrogen-bond donors (Lipinski definition) is 0. The fraction of sp³-hybridized carbons (Fsp3) is 0.500. The fourth-order valence-electron chi connectivity index (χ4n) is 2.62. The zero-order chi connectivity index (χ0) is 16.8. The second-order valence-electron chi connectivity index (χ2n) is 6.63. The molecule has 118 valence electrons. The molecule has 2 nitrogen and oxygen atoms in total. The first kappa shape index (κ1) is 19.8. The number of hydrogen-bond acceptors (Lipinski definition) is 2. The van der Waals surface area contributed by atoms with Crippen molar-refractivity contribution in [3.63, 3.8) is 0 Å². The molecule has 0 aromatic carbocycles. The average molecular weight is 307 g/mol. The molecule has 1 atom stereocenters. The van der Waals surface area contributed by atoms with Gasteiger partial charge in [-0.15, -0.1) is 0 Å². The van der Waals surface area contributed by atoms with Crippen molar-refractivity contribution in [3.05, 3.63) is 46.7 Å². The summed E-state index contributed by atoms with van der Waals surface area (Å²) in [5.74, 6) is 0. The van der Waals surface area contributed by atoms with Gasteiger partial charge in [0, 0.05) is 19.1 Å². The predicted molar refractivity (Wildman–Crippen MR) is 95.2 cm³/mol. The molecule has 0 bridgehead atoms. The molecule has 0 amide bonds.